The molecule has 2 rings (SSSR count). The summed E-state index contributed by atoms with van der Waals surface area (Å²) in [5, 5.41) is 9.62. The van der Waals surface area contributed by atoms with Crippen molar-refractivity contribution in [2.75, 3.05) is 20.3 Å². The Hall–Kier alpha value is -1.92. The van der Waals surface area contributed by atoms with Crippen LogP contribution in [0.15, 0.2) is 30.3 Å². The molecule has 0 aliphatic carbocycles. The summed E-state index contributed by atoms with van der Waals surface area (Å²) in [6.07, 6.45) is -0.496. The maximum atomic E-state index is 12.1. The lowest BCUT2D eigenvalue weighted by molar-refractivity contribution is -0.152. The van der Waals surface area contributed by atoms with Gasteiger partial charge in [0.1, 0.15) is 12.6 Å². The van der Waals surface area contributed by atoms with Crippen LogP contribution in [0.4, 0.5) is 0 Å². The molecule has 0 bridgehead atoms. The van der Waals surface area contributed by atoms with Crippen LogP contribution < -0.4 is 0 Å². The van der Waals surface area contributed by atoms with Crippen LogP contribution in [0.1, 0.15) is 12.0 Å². The topological polar surface area (TPSA) is 76.1 Å². The second-order valence-electron chi connectivity index (χ2n) is 4.95. The molecule has 6 heteroatoms. The number of nitrogens with zero attached hydrogens (tertiary/aromatic N) is 1. The summed E-state index contributed by atoms with van der Waals surface area (Å²) in [6, 6.07) is 8.77. The van der Waals surface area contributed by atoms with E-state index in [9.17, 15) is 14.7 Å². The summed E-state index contributed by atoms with van der Waals surface area (Å²) in [5.74, 6) is -0.833. The molecular formula is C15H19NO5. The van der Waals surface area contributed by atoms with Crippen LogP contribution in [0.25, 0.3) is 0 Å². The van der Waals surface area contributed by atoms with Gasteiger partial charge in [-0.05, 0) is 5.56 Å². The highest BCUT2D eigenvalue weighted by molar-refractivity contribution is 5.86. The Morgan fingerprint density at radius 3 is 2.71 bits per heavy atom. The standard InChI is InChI=1S/C15H19NO5/c1-20-15(19)13-7-12(17)8-16(13)14(18)10-21-9-11-5-3-2-4-6-11/h2-6,12-13,17H,7-10H2,1H3. The highest BCUT2D eigenvalue weighted by Crippen LogP contribution is 2.19. The van der Waals surface area contributed by atoms with Crippen LogP contribution >= 0.6 is 0 Å². The van der Waals surface area contributed by atoms with Gasteiger partial charge in [-0.3, -0.25) is 4.79 Å². The van der Waals surface area contributed by atoms with Gasteiger partial charge in [0.25, 0.3) is 0 Å². The van der Waals surface area contributed by atoms with Gasteiger partial charge in [-0.25, -0.2) is 4.79 Å². The van der Waals surface area contributed by atoms with Crippen molar-refractivity contribution in [3.8, 4) is 0 Å². The summed E-state index contributed by atoms with van der Waals surface area (Å²) < 4.78 is 10.0. The van der Waals surface area contributed by atoms with Gasteiger partial charge in [0.2, 0.25) is 5.91 Å². The van der Waals surface area contributed by atoms with Crippen LogP contribution in [0.2, 0.25) is 0 Å². The first kappa shape index (κ1) is 15.5. The number of β-amino-alcohol motifs (C(OH)–C–C–N with tert-alkyl or cyclic N) is 1. The Bertz CT molecular complexity index is 490. The molecule has 21 heavy (non-hydrogen) atoms. The minimum Gasteiger partial charge on any atom is -0.467 e. The predicted octanol–water partition coefficient (Wildman–Crippen LogP) is 0.338. The highest BCUT2D eigenvalue weighted by Gasteiger charge is 2.39. The Kier molecular flexibility index (Phi) is 5.30. The van der Waals surface area contributed by atoms with Crippen molar-refractivity contribution in [3.05, 3.63) is 35.9 Å². The second kappa shape index (κ2) is 7.19. The van der Waals surface area contributed by atoms with E-state index in [0.717, 1.165) is 5.56 Å². The maximum Gasteiger partial charge on any atom is 0.328 e. The van der Waals surface area contributed by atoms with Crippen molar-refractivity contribution in [3.63, 3.8) is 0 Å². The Morgan fingerprint density at radius 1 is 1.33 bits per heavy atom. The average Bonchev–Trinajstić information content (AvgIpc) is 2.89. The van der Waals surface area contributed by atoms with Crippen molar-refractivity contribution in [1.82, 2.24) is 4.90 Å². The molecule has 1 fully saturated rings. The van der Waals surface area contributed by atoms with Crippen LogP contribution in [0, 0.1) is 0 Å². The minimum absolute atomic E-state index is 0.130. The molecule has 1 amide bonds. The van der Waals surface area contributed by atoms with Crippen molar-refractivity contribution < 1.29 is 24.2 Å². The fourth-order valence-corrected chi connectivity index (χ4v) is 2.36. The van der Waals surface area contributed by atoms with Gasteiger partial charge in [-0.15, -0.1) is 0 Å². The van der Waals surface area contributed by atoms with Gasteiger partial charge in [0, 0.05) is 13.0 Å². The van der Waals surface area contributed by atoms with E-state index >= 15 is 0 Å². The summed E-state index contributed by atoms with van der Waals surface area (Å²) >= 11 is 0. The number of ether oxygens (including phenoxy) is 2. The van der Waals surface area contributed by atoms with Crippen molar-refractivity contribution in [2.24, 2.45) is 0 Å². The van der Waals surface area contributed by atoms with Crippen LogP contribution in [0.3, 0.4) is 0 Å². The number of hydrogen-bond donors (Lipinski definition) is 1. The molecule has 0 saturated carbocycles. The van der Waals surface area contributed by atoms with Crippen molar-refractivity contribution in [2.45, 2.75) is 25.2 Å². The normalized spacial score (nSPS) is 21.3. The number of likely N-dealkylation sites (tertiary alicyclic amines) is 1. The lowest BCUT2D eigenvalue weighted by Crippen LogP contribution is -2.43. The molecule has 1 N–H and O–H groups in total. The fraction of sp³-hybridized carbons (Fsp3) is 0.467. The van der Waals surface area contributed by atoms with Gasteiger partial charge in [-0.2, -0.15) is 0 Å². The number of amides is 1. The number of carbonyl (C=O) groups excluding carboxylic acids is 2. The van der Waals surface area contributed by atoms with Crippen molar-refractivity contribution >= 4 is 11.9 Å². The zero-order chi connectivity index (χ0) is 15.2. The Morgan fingerprint density at radius 2 is 2.05 bits per heavy atom. The molecule has 0 radical (unpaired) electrons. The first-order valence-electron chi connectivity index (χ1n) is 6.79. The van der Waals surface area contributed by atoms with Gasteiger partial charge >= 0.3 is 5.97 Å². The molecular weight excluding hydrogens is 274 g/mol. The Balaban J connectivity index is 1.85. The number of carbonyl (C=O) groups is 2. The SMILES string of the molecule is COC(=O)C1CC(O)CN1C(=O)COCc1ccccc1. The van der Waals surface area contributed by atoms with Gasteiger partial charge in [-0.1, -0.05) is 30.3 Å². The lowest BCUT2D eigenvalue weighted by atomic mass is 10.2. The summed E-state index contributed by atoms with van der Waals surface area (Å²) in [7, 11) is 1.27. The van der Waals surface area contributed by atoms with E-state index in [4.69, 9.17) is 4.74 Å². The molecule has 114 valence electrons. The number of methoxy groups -OCH3 is 1. The number of aliphatic hydroxyl groups excluding tert-OH is 1. The fourth-order valence-electron chi connectivity index (χ4n) is 2.36. The number of benzene rings is 1. The maximum absolute atomic E-state index is 12.1. The van der Waals surface area contributed by atoms with Crippen LogP contribution in [-0.4, -0.2) is 54.3 Å². The molecule has 2 unspecified atom stereocenters. The van der Waals surface area contributed by atoms with E-state index in [1.54, 1.807) is 0 Å². The van der Waals surface area contributed by atoms with Crippen molar-refractivity contribution in [1.29, 1.82) is 0 Å². The zero-order valence-corrected chi connectivity index (χ0v) is 11.9. The molecule has 1 aromatic rings. The number of hydrogen-bond acceptors (Lipinski definition) is 5. The predicted molar refractivity (Wildman–Crippen MR) is 74.2 cm³/mol. The third kappa shape index (κ3) is 4.03. The van der Waals surface area contributed by atoms with E-state index in [-0.39, 0.29) is 25.5 Å². The number of rotatable bonds is 5. The molecule has 6 nitrogen and oxygen atoms in total. The number of esters is 1. The molecule has 1 saturated heterocycles. The summed E-state index contributed by atoms with van der Waals surface area (Å²) in [6.45, 7) is 0.328. The lowest BCUT2D eigenvalue weighted by Gasteiger charge is -2.22. The highest BCUT2D eigenvalue weighted by atomic mass is 16.5. The first-order chi connectivity index (χ1) is 10.1. The molecule has 1 heterocycles. The quantitative estimate of drug-likeness (QED) is 0.792. The largest absolute Gasteiger partial charge is 0.467 e. The summed E-state index contributed by atoms with van der Waals surface area (Å²) in [4.78, 5) is 25.0. The van der Waals surface area contributed by atoms with E-state index in [1.165, 1.54) is 12.0 Å². The number of aliphatic hydroxyl groups is 1. The van der Waals surface area contributed by atoms with Gasteiger partial charge in [0.05, 0.1) is 19.8 Å². The minimum atomic E-state index is -0.724. The van der Waals surface area contributed by atoms with E-state index in [0.29, 0.717) is 6.61 Å². The van der Waals surface area contributed by atoms with E-state index in [1.807, 2.05) is 30.3 Å². The molecule has 0 aromatic heterocycles. The molecule has 1 aliphatic rings. The van der Waals surface area contributed by atoms with Crippen LogP contribution in [0.5, 0.6) is 0 Å². The smallest absolute Gasteiger partial charge is 0.328 e. The Labute approximate surface area is 123 Å². The first-order valence-corrected chi connectivity index (χ1v) is 6.79. The molecule has 1 aliphatic heterocycles. The zero-order valence-electron chi connectivity index (χ0n) is 11.9. The monoisotopic (exact) mass is 293 g/mol. The van der Waals surface area contributed by atoms with Gasteiger partial charge in [0.15, 0.2) is 0 Å². The molecule has 1 aromatic carbocycles. The third-order valence-corrected chi connectivity index (χ3v) is 3.41. The van der Waals surface area contributed by atoms with E-state index in [2.05, 4.69) is 4.74 Å². The molecule has 0 spiro atoms. The average molecular weight is 293 g/mol. The van der Waals surface area contributed by atoms with Gasteiger partial charge < -0.3 is 19.5 Å². The molecule has 2 atom stereocenters. The summed E-state index contributed by atoms with van der Waals surface area (Å²) in [5.41, 5.74) is 0.969. The van der Waals surface area contributed by atoms with Crippen LogP contribution in [-0.2, 0) is 25.7 Å². The third-order valence-electron chi connectivity index (χ3n) is 3.41. The second-order valence-corrected chi connectivity index (χ2v) is 4.95. The van der Waals surface area contributed by atoms with E-state index < -0.39 is 18.1 Å².